The van der Waals surface area contributed by atoms with Gasteiger partial charge in [-0.3, -0.25) is 23.9 Å². The summed E-state index contributed by atoms with van der Waals surface area (Å²) in [6.07, 6.45) is 0. The Morgan fingerprint density at radius 3 is 2.38 bits per heavy atom. The fourth-order valence-electron chi connectivity index (χ4n) is 3.68. The summed E-state index contributed by atoms with van der Waals surface area (Å²) < 4.78 is 14.5. The van der Waals surface area contributed by atoms with E-state index in [2.05, 4.69) is 10.3 Å². The molecule has 34 heavy (non-hydrogen) atoms. The summed E-state index contributed by atoms with van der Waals surface area (Å²) in [6, 6.07) is 19.9. The highest BCUT2D eigenvalue weighted by atomic mass is 19.1. The average Bonchev–Trinajstić information content (AvgIpc) is 2.82. The maximum atomic E-state index is 13.5. The Hall–Kier alpha value is -4.33. The van der Waals surface area contributed by atoms with Crippen LogP contribution in [0.2, 0.25) is 0 Å². The molecule has 1 N–H and O–H groups in total. The summed E-state index contributed by atoms with van der Waals surface area (Å²) in [6.45, 7) is 3.17. The summed E-state index contributed by atoms with van der Waals surface area (Å²) in [7, 11) is 0. The maximum Gasteiger partial charge on any atom is 0.294 e. The molecule has 172 valence electrons. The van der Waals surface area contributed by atoms with Crippen molar-refractivity contribution in [3.05, 3.63) is 100 Å². The van der Waals surface area contributed by atoms with Gasteiger partial charge in [0.05, 0.1) is 17.6 Å². The van der Waals surface area contributed by atoms with Crippen molar-refractivity contribution in [2.24, 2.45) is 0 Å². The van der Waals surface area contributed by atoms with Crippen molar-refractivity contribution >= 4 is 34.4 Å². The number of carbonyl (C=O) groups is 2. The van der Waals surface area contributed by atoms with Crippen LogP contribution in [-0.4, -0.2) is 21.4 Å². The number of nitrogens with one attached hydrogen (secondary N) is 1. The lowest BCUT2D eigenvalue weighted by atomic mass is 10.1. The van der Waals surface area contributed by atoms with Crippen LogP contribution in [0.5, 0.6) is 0 Å². The second-order valence-electron chi connectivity index (χ2n) is 7.90. The quantitative estimate of drug-likeness (QED) is 0.473. The predicted molar refractivity (Wildman–Crippen MR) is 129 cm³/mol. The van der Waals surface area contributed by atoms with E-state index in [1.54, 1.807) is 24.3 Å². The topological polar surface area (TPSA) is 84.3 Å². The molecule has 0 fully saturated rings. The van der Waals surface area contributed by atoms with E-state index in [9.17, 15) is 18.8 Å². The Bertz CT molecular complexity index is 1430. The summed E-state index contributed by atoms with van der Waals surface area (Å²) in [5.41, 5.74) is 2.65. The molecule has 4 rings (SSSR count). The minimum Gasteiger partial charge on any atom is -0.325 e. The standard InChI is InChI=1S/C26H23FN4O3/c1-17-7-3-4-8-19(17)15-30(18(2)32)25-26(34)31(23-10-6-5-9-22(23)29-25)16-24(33)28-21-13-11-20(27)12-14-21/h3-14H,15-16H2,1-2H3,(H,28,33). The van der Waals surface area contributed by atoms with Gasteiger partial charge in [0.15, 0.2) is 0 Å². The molecule has 0 aliphatic carbocycles. The van der Waals surface area contributed by atoms with Gasteiger partial charge in [-0.2, -0.15) is 0 Å². The van der Waals surface area contributed by atoms with E-state index in [4.69, 9.17) is 0 Å². The molecule has 0 saturated carbocycles. The fraction of sp³-hybridized carbons (Fsp3) is 0.154. The first kappa shape index (κ1) is 22.8. The molecule has 3 aromatic carbocycles. The zero-order valence-corrected chi connectivity index (χ0v) is 18.8. The number of rotatable bonds is 6. The third-order valence-corrected chi connectivity index (χ3v) is 5.49. The van der Waals surface area contributed by atoms with Gasteiger partial charge in [0, 0.05) is 12.6 Å². The highest BCUT2D eigenvalue weighted by Gasteiger charge is 2.22. The van der Waals surface area contributed by atoms with Gasteiger partial charge in [-0.1, -0.05) is 36.4 Å². The number of hydrogen-bond donors (Lipinski definition) is 1. The number of amides is 2. The van der Waals surface area contributed by atoms with Crippen molar-refractivity contribution in [3.8, 4) is 0 Å². The molecule has 0 atom stereocenters. The monoisotopic (exact) mass is 458 g/mol. The summed E-state index contributed by atoms with van der Waals surface area (Å²) in [5, 5.41) is 2.66. The molecule has 0 unspecified atom stereocenters. The zero-order chi connectivity index (χ0) is 24.2. The number of anilines is 2. The molecular weight excluding hydrogens is 435 g/mol. The number of halogens is 1. The highest BCUT2D eigenvalue weighted by Crippen LogP contribution is 2.19. The molecule has 1 aromatic heterocycles. The molecular formula is C26H23FN4O3. The molecule has 0 bridgehead atoms. The summed E-state index contributed by atoms with van der Waals surface area (Å²) in [4.78, 5) is 44.6. The van der Waals surface area contributed by atoms with Crippen LogP contribution in [0.25, 0.3) is 11.0 Å². The van der Waals surface area contributed by atoms with Gasteiger partial charge in [0.25, 0.3) is 5.56 Å². The fourth-order valence-corrected chi connectivity index (χ4v) is 3.68. The van der Waals surface area contributed by atoms with E-state index in [0.29, 0.717) is 16.7 Å². The molecule has 2 amide bonds. The van der Waals surface area contributed by atoms with Crippen LogP contribution >= 0.6 is 0 Å². The van der Waals surface area contributed by atoms with Gasteiger partial charge >= 0.3 is 0 Å². The second-order valence-corrected chi connectivity index (χ2v) is 7.90. The van der Waals surface area contributed by atoms with Crippen LogP contribution in [0, 0.1) is 12.7 Å². The predicted octanol–water partition coefficient (Wildman–Crippen LogP) is 4.04. The van der Waals surface area contributed by atoms with Gasteiger partial charge < -0.3 is 5.32 Å². The Balaban J connectivity index is 1.75. The number of hydrogen-bond acceptors (Lipinski definition) is 4. The lowest BCUT2D eigenvalue weighted by Crippen LogP contribution is -2.38. The highest BCUT2D eigenvalue weighted by molar-refractivity contribution is 5.93. The molecule has 0 saturated heterocycles. The van der Waals surface area contributed by atoms with E-state index in [1.165, 1.54) is 40.7 Å². The lowest BCUT2D eigenvalue weighted by Gasteiger charge is -2.22. The van der Waals surface area contributed by atoms with Crippen LogP contribution in [0.3, 0.4) is 0 Å². The van der Waals surface area contributed by atoms with Crippen LogP contribution in [0.1, 0.15) is 18.1 Å². The van der Waals surface area contributed by atoms with Crippen molar-refractivity contribution in [3.63, 3.8) is 0 Å². The van der Waals surface area contributed by atoms with Crippen molar-refractivity contribution in [2.45, 2.75) is 26.9 Å². The molecule has 0 spiro atoms. The Morgan fingerprint density at radius 1 is 1.00 bits per heavy atom. The Kier molecular flexibility index (Phi) is 6.49. The number of aromatic nitrogens is 2. The number of benzene rings is 3. The summed E-state index contributed by atoms with van der Waals surface area (Å²) >= 11 is 0. The first-order chi connectivity index (χ1) is 16.3. The average molecular weight is 458 g/mol. The summed E-state index contributed by atoms with van der Waals surface area (Å²) in [5.74, 6) is -1.28. The molecule has 8 heteroatoms. The smallest absolute Gasteiger partial charge is 0.294 e. The van der Waals surface area contributed by atoms with E-state index in [-0.39, 0.29) is 24.8 Å². The second kappa shape index (κ2) is 9.66. The van der Waals surface area contributed by atoms with E-state index in [0.717, 1.165) is 11.1 Å². The first-order valence-corrected chi connectivity index (χ1v) is 10.7. The minimum atomic E-state index is -0.559. The minimum absolute atomic E-state index is 0.0518. The van der Waals surface area contributed by atoms with Crippen LogP contribution in [0.4, 0.5) is 15.9 Å². The van der Waals surface area contributed by atoms with Crippen molar-refractivity contribution in [1.29, 1.82) is 0 Å². The number of aryl methyl sites for hydroxylation is 1. The molecule has 0 aliphatic heterocycles. The Morgan fingerprint density at radius 2 is 1.68 bits per heavy atom. The SMILES string of the molecule is CC(=O)N(Cc1ccccc1C)c1nc2ccccc2n(CC(=O)Nc2ccc(F)cc2)c1=O. The molecule has 0 aliphatic rings. The number of carbonyl (C=O) groups excluding carboxylic acids is 2. The van der Waals surface area contributed by atoms with Crippen molar-refractivity contribution in [1.82, 2.24) is 9.55 Å². The van der Waals surface area contributed by atoms with Gasteiger partial charge in [0.2, 0.25) is 17.6 Å². The van der Waals surface area contributed by atoms with E-state index in [1.807, 2.05) is 31.2 Å². The maximum absolute atomic E-state index is 13.5. The third kappa shape index (κ3) is 4.85. The molecule has 7 nitrogen and oxygen atoms in total. The van der Waals surface area contributed by atoms with Gasteiger partial charge in [0.1, 0.15) is 12.4 Å². The van der Waals surface area contributed by atoms with Gasteiger partial charge in [-0.05, 0) is 54.4 Å². The third-order valence-electron chi connectivity index (χ3n) is 5.49. The van der Waals surface area contributed by atoms with E-state index < -0.39 is 17.3 Å². The van der Waals surface area contributed by atoms with Crippen molar-refractivity contribution < 1.29 is 14.0 Å². The van der Waals surface area contributed by atoms with Gasteiger partial charge in [-0.15, -0.1) is 0 Å². The molecule has 4 aromatic rings. The van der Waals surface area contributed by atoms with Crippen LogP contribution in [-0.2, 0) is 22.7 Å². The number of nitrogens with zero attached hydrogens (tertiary/aromatic N) is 3. The van der Waals surface area contributed by atoms with Crippen molar-refractivity contribution in [2.75, 3.05) is 10.2 Å². The van der Waals surface area contributed by atoms with Crippen LogP contribution in [0.15, 0.2) is 77.6 Å². The Labute approximate surface area is 195 Å². The first-order valence-electron chi connectivity index (χ1n) is 10.7. The van der Waals surface area contributed by atoms with Gasteiger partial charge in [-0.25, -0.2) is 9.37 Å². The number of fused-ring (bicyclic) bond motifs is 1. The molecule has 0 radical (unpaired) electrons. The largest absolute Gasteiger partial charge is 0.325 e. The lowest BCUT2D eigenvalue weighted by molar-refractivity contribution is -0.117. The zero-order valence-electron chi connectivity index (χ0n) is 18.8. The normalized spacial score (nSPS) is 10.8. The molecule has 1 heterocycles. The van der Waals surface area contributed by atoms with E-state index >= 15 is 0 Å². The number of para-hydroxylation sites is 2. The van der Waals surface area contributed by atoms with Crippen LogP contribution < -0.4 is 15.8 Å².